The third kappa shape index (κ3) is 4.69. The molecule has 1 saturated heterocycles. The number of hydrogen-bond donors (Lipinski definition) is 4. The Labute approximate surface area is 128 Å². The fourth-order valence-electron chi connectivity index (χ4n) is 2.20. The lowest BCUT2D eigenvalue weighted by Gasteiger charge is -2.25. The highest BCUT2D eigenvalue weighted by Gasteiger charge is 2.35. The van der Waals surface area contributed by atoms with E-state index in [1.165, 1.54) is 11.8 Å². The van der Waals surface area contributed by atoms with E-state index in [2.05, 4.69) is 10.6 Å². The van der Waals surface area contributed by atoms with Crippen LogP contribution < -0.4 is 16.4 Å². The maximum absolute atomic E-state index is 12.1. The van der Waals surface area contributed by atoms with Gasteiger partial charge in [-0.05, 0) is 26.7 Å². The van der Waals surface area contributed by atoms with Gasteiger partial charge in [-0.3, -0.25) is 19.2 Å². The van der Waals surface area contributed by atoms with Gasteiger partial charge < -0.3 is 26.4 Å². The van der Waals surface area contributed by atoms with E-state index < -0.39 is 35.9 Å². The molecule has 22 heavy (non-hydrogen) atoms. The average molecular weight is 314 g/mol. The number of carboxylic acid groups (broad SMARTS) is 1. The molecule has 1 aliphatic heterocycles. The van der Waals surface area contributed by atoms with Crippen LogP contribution in [0.15, 0.2) is 0 Å². The molecule has 0 unspecified atom stereocenters. The van der Waals surface area contributed by atoms with E-state index in [1.807, 2.05) is 0 Å². The van der Waals surface area contributed by atoms with Crippen molar-refractivity contribution in [2.45, 2.75) is 44.8 Å². The lowest BCUT2D eigenvalue weighted by Crippen LogP contribution is -2.52. The van der Waals surface area contributed by atoms with Crippen LogP contribution >= 0.6 is 0 Å². The van der Waals surface area contributed by atoms with Gasteiger partial charge in [-0.1, -0.05) is 0 Å². The van der Waals surface area contributed by atoms with Crippen LogP contribution in [0.5, 0.6) is 0 Å². The molecule has 3 amide bonds. The van der Waals surface area contributed by atoms with Crippen LogP contribution in [0.3, 0.4) is 0 Å². The van der Waals surface area contributed by atoms with Gasteiger partial charge in [-0.15, -0.1) is 0 Å². The minimum absolute atomic E-state index is 0.304. The Balaban J connectivity index is 2.49. The quantitative estimate of drug-likeness (QED) is 0.448. The Bertz CT molecular complexity index is 465. The first-order chi connectivity index (χ1) is 10.2. The van der Waals surface area contributed by atoms with Gasteiger partial charge >= 0.3 is 5.97 Å². The number of nitrogens with two attached hydrogens (primary N) is 1. The van der Waals surface area contributed by atoms with E-state index in [0.29, 0.717) is 19.4 Å². The van der Waals surface area contributed by atoms with Gasteiger partial charge in [-0.2, -0.15) is 0 Å². The van der Waals surface area contributed by atoms with E-state index in [9.17, 15) is 19.2 Å². The van der Waals surface area contributed by atoms with Crippen LogP contribution in [0.4, 0.5) is 0 Å². The van der Waals surface area contributed by atoms with Gasteiger partial charge in [0, 0.05) is 6.54 Å². The lowest BCUT2D eigenvalue weighted by atomic mass is 10.2. The molecule has 0 aromatic rings. The summed E-state index contributed by atoms with van der Waals surface area (Å²) in [7, 11) is 0. The number of aliphatic carboxylic acids is 1. The van der Waals surface area contributed by atoms with Crippen molar-refractivity contribution in [1.82, 2.24) is 15.5 Å². The van der Waals surface area contributed by atoms with Crippen molar-refractivity contribution in [2.75, 3.05) is 13.1 Å². The molecule has 1 fully saturated rings. The van der Waals surface area contributed by atoms with Gasteiger partial charge in [0.15, 0.2) is 0 Å². The smallest absolute Gasteiger partial charge is 0.325 e. The molecule has 9 heteroatoms. The first-order valence-electron chi connectivity index (χ1n) is 7.10. The second-order valence-electron chi connectivity index (χ2n) is 5.32. The molecule has 3 atom stereocenters. The first-order valence-corrected chi connectivity index (χ1v) is 7.10. The third-order valence-corrected chi connectivity index (χ3v) is 3.40. The topological polar surface area (TPSA) is 142 Å². The number of likely N-dealkylation sites (tertiary alicyclic amines) is 1. The summed E-state index contributed by atoms with van der Waals surface area (Å²) in [5.41, 5.74) is 5.54. The Morgan fingerprint density at radius 2 is 1.95 bits per heavy atom. The number of amides is 3. The standard InChI is InChI=1S/C13H22N4O5/c1-7(14)12(20)17-5-3-4-9(17)11(19)15-6-10(18)16-8(2)13(21)22/h7-9H,3-6,14H2,1-2H3,(H,15,19)(H,16,18)(H,21,22)/t7-,8-,9+/m1/s1. The molecule has 1 aliphatic rings. The van der Waals surface area contributed by atoms with Crippen LogP contribution in [0, 0.1) is 0 Å². The highest BCUT2D eigenvalue weighted by atomic mass is 16.4. The molecule has 1 heterocycles. The largest absolute Gasteiger partial charge is 0.480 e. The Morgan fingerprint density at radius 3 is 2.50 bits per heavy atom. The minimum atomic E-state index is -1.16. The Kier molecular flexibility index (Phi) is 6.29. The SMILES string of the molecule is C[C@@H](N)C(=O)N1CCC[C@H]1C(=O)NCC(=O)N[C@H](C)C(=O)O. The summed E-state index contributed by atoms with van der Waals surface area (Å²) in [6.45, 7) is 2.99. The zero-order valence-corrected chi connectivity index (χ0v) is 12.7. The summed E-state index contributed by atoms with van der Waals surface area (Å²) >= 11 is 0. The van der Waals surface area contributed by atoms with Gasteiger partial charge in [0.25, 0.3) is 0 Å². The molecule has 0 radical (unpaired) electrons. The van der Waals surface area contributed by atoms with Crippen molar-refractivity contribution < 1.29 is 24.3 Å². The van der Waals surface area contributed by atoms with Crippen LogP contribution in [-0.2, 0) is 19.2 Å². The second kappa shape index (κ2) is 7.74. The average Bonchev–Trinajstić information content (AvgIpc) is 2.92. The second-order valence-corrected chi connectivity index (χ2v) is 5.32. The highest BCUT2D eigenvalue weighted by molar-refractivity contribution is 5.92. The van der Waals surface area contributed by atoms with E-state index in [4.69, 9.17) is 10.8 Å². The third-order valence-electron chi connectivity index (χ3n) is 3.40. The van der Waals surface area contributed by atoms with E-state index in [1.54, 1.807) is 6.92 Å². The van der Waals surface area contributed by atoms with Crippen molar-refractivity contribution in [1.29, 1.82) is 0 Å². The molecule has 0 saturated carbocycles. The molecule has 9 nitrogen and oxygen atoms in total. The van der Waals surface area contributed by atoms with E-state index in [-0.39, 0.29) is 12.5 Å². The normalized spacial score (nSPS) is 20.1. The van der Waals surface area contributed by atoms with Gasteiger partial charge in [0.05, 0.1) is 12.6 Å². The van der Waals surface area contributed by atoms with E-state index >= 15 is 0 Å². The van der Waals surface area contributed by atoms with Crippen LogP contribution in [0.25, 0.3) is 0 Å². The summed E-state index contributed by atoms with van der Waals surface area (Å²) in [5.74, 6) is -2.51. The number of rotatable bonds is 6. The van der Waals surface area contributed by atoms with Crippen LogP contribution in [-0.4, -0.2) is 64.9 Å². The molecular weight excluding hydrogens is 292 g/mol. The number of carbonyl (C=O) groups excluding carboxylic acids is 3. The number of carbonyl (C=O) groups is 4. The molecule has 0 aliphatic carbocycles. The van der Waals surface area contributed by atoms with E-state index in [0.717, 1.165) is 0 Å². The van der Waals surface area contributed by atoms with Crippen molar-refractivity contribution in [3.05, 3.63) is 0 Å². The summed E-state index contributed by atoms with van der Waals surface area (Å²) < 4.78 is 0. The minimum Gasteiger partial charge on any atom is -0.480 e. The monoisotopic (exact) mass is 314 g/mol. The zero-order valence-electron chi connectivity index (χ0n) is 12.7. The van der Waals surface area contributed by atoms with Crippen molar-refractivity contribution >= 4 is 23.7 Å². The number of carboxylic acids is 1. The van der Waals surface area contributed by atoms with Crippen molar-refractivity contribution in [3.8, 4) is 0 Å². The molecular formula is C13H22N4O5. The maximum Gasteiger partial charge on any atom is 0.325 e. The molecule has 5 N–H and O–H groups in total. The Hall–Kier alpha value is -2.16. The number of nitrogens with zero attached hydrogens (tertiary/aromatic N) is 1. The molecule has 0 aromatic heterocycles. The fraction of sp³-hybridized carbons (Fsp3) is 0.692. The molecule has 0 spiro atoms. The lowest BCUT2D eigenvalue weighted by molar-refractivity contribution is -0.141. The van der Waals surface area contributed by atoms with Crippen LogP contribution in [0.1, 0.15) is 26.7 Å². The maximum atomic E-state index is 12.1. The molecule has 124 valence electrons. The Morgan fingerprint density at radius 1 is 1.32 bits per heavy atom. The number of nitrogens with one attached hydrogen (secondary N) is 2. The summed E-state index contributed by atoms with van der Waals surface area (Å²) in [4.78, 5) is 47.5. The zero-order chi connectivity index (χ0) is 16.9. The van der Waals surface area contributed by atoms with Gasteiger partial charge in [0.2, 0.25) is 17.7 Å². The molecule has 0 aromatic carbocycles. The van der Waals surface area contributed by atoms with Gasteiger partial charge in [0.1, 0.15) is 12.1 Å². The van der Waals surface area contributed by atoms with Crippen LogP contribution in [0.2, 0.25) is 0 Å². The fourth-order valence-corrected chi connectivity index (χ4v) is 2.20. The molecule has 0 bridgehead atoms. The van der Waals surface area contributed by atoms with Crippen molar-refractivity contribution in [2.24, 2.45) is 5.73 Å². The summed E-state index contributed by atoms with van der Waals surface area (Å²) in [5, 5.41) is 13.3. The highest BCUT2D eigenvalue weighted by Crippen LogP contribution is 2.18. The van der Waals surface area contributed by atoms with Crippen molar-refractivity contribution in [3.63, 3.8) is 0 Å². The predicted octanol–water partition coefficient (Wildman–Crippen LogP) is -1.97. The summed E-state index contributed by atoms with van der Waals surface area (Å²) in [6, 6.07) is -2.36. The predicted molar refractivity (Wildman–Crippen MR) is 76.6 cm³/mol. The van der Waals surface area contributed by atoms with Gasteiger partial charge in [-0.25, -0.2) is 0 Å². The molecule has 1 rings (SSSR count). The first kappa shape index (κ1) is 17.9. The summed E-state index contributed by atoms with van der Waals surface area (Å²) in [6.07, 6.45) is 1.20. The number of hydrogen-bond acceptors (Lipinski definition) is 5.